The molecular formula is C18H34O4SSi. The second kappa shape index (κ2) is 7.93. The Bertz CT molecular complexity index is 494. The van der Waals surface area contributed by atoms with Crippen LogP contribution >= 0.6 is 11.8 Å². The Kier molecular flexibility index (Phi) is 7.19. The van der Waals surface area contributed by atoms with E-state index in [2.05, 4.69) is 40.8 Å². The molecule has 1 aliphatic heterocycles. The number of aliphatic hydroxyl groups is 1. The molecule has 1 aliphatic rings. The molecule has 1 rings (SSSR count). The monoisotopic (exact) mass is 374 g/mol. The summed E-state index contributed by atoms with van der Waals surface area (Å²) in [6, 6.07) is 0. The first-order valence-corrected chi connectivity index (χ1v) is 12.6. The van der Waals surface area contributed by atoms with E-state index in [0.717, 1.165) is 11.3 Å². The Balaban J connectivity index is 3.17. The lowest BCUT2D eigenvalue weighted by Gasteiger charge is -2.43. The second-order valence-electron chi connectivity index (χ2n) is 8.30. The molecule has 1 N–H and O–H groups in total. The van der Waals surface area contributed by atoms with Crippen molar-refractivity contribution in [3.63, 3.8) is 0 Å². The number of thioether (sulfide) groups is 1. The molecule has 0 fully saturated rings. The van der Waals surface area contributed by atoms with E-state index < -0.39 is 20.0 Å². The molecule has 6 heteroatoms. The van der Waals surface area contributed by atoms with E-state index >= 15 is 0 Å². The van der Waals surface area contributed by atoms with Crippen molar-refractivity contribution < 1.29 is 19.1 Å². The molecule has 140 valence electrons. The van der Waals surface area contributed by atoms with E-state index in [9.17, 15) is 9.90 Å². The first-order chi connectivity index (χ1) is 10.8. The molecule has 0 saturated carbocycles. The highest BCUT2D eigenvalue weighted by Gasteiger charge is 2.48. The van der Waals surface area contributed by atoms with Gasteiger partial charge >= 0.3 is 5.97 Å². The summed E-state index contributed by atoms with van der Waals surface area (Å²) in [5.41, 5.74) is 0.529. The number of ether oxygens (including phenoxy) is 1. The first kappa shape index (κ1) is 21.7. The van der Waals surface area contributed by atoms with Gasteiger partial charge in [-0.15, -0.1) is 11.8 Å². The van der Waals surface area contributed by atoms with Crippen LogP contribution < -0.4 is 0 Å². The van der Waals surface area contributed by atoms with Crippen molar-refractivity contribution in [1.29, 1.82) is 0 Å². The van der Waals surface area contributed by atoms with Crippen LogP contribution in [0.5, 0.6) is 0 Å². The third kappa shape index (κ3) is 5.10. The minimum absolute atomic E-state index is 0.0999. The average molecular weight is 375 g/mol. The minimum Gasteiger partial charge on any atom is -0.462 e. The number of carbonyl (C=O) groups excluding carboxylic acids is 1. The van der Waals surface area contributed by atoms with Gasteiger partial charge in [0.05, 0.1) is 23.2 Å². The Hall–Kier alpha value is -0.303. The Morgan fingerprint density at radius 3 is 2.46 bits per heavy atom. The van der Waals surface area contributed by atoms with Crippen molar-refractivity contribution in [3.8, 4) is 0 Å². The molecule has 1 heterocycles. The third-order valence-electron chi connectivity index (χ3n) is 4.96. The number of esters is 1. The molecule has 0 radical (unpaired) electrons. The third-order valence-corrected chi connectivity index (χ3v) is 10.9. The van der Waals surface area contributed by atoms with Gasteiger partial charge in [0.2, 0.25) is 0 Å². The molecule has 0 aliphatic carbocycles. The molecule has 0 saturated heterocycles. The quantitative estimate of drug-likeness (QED) is 0.525. The maximum atomic E-state index is 12.3. The average Bonchev–Trinajstić information content (AvgIpc) is 2.71. The van der Waals surface area contributed by atoms with Crippen LogP contribution in [0.1, 0.15) is 54.4 Å². The summed E-state index contributed by atoms with van der Waals surface area (Å²) < 4.78 is 12.0. The van der Waals surface area contributed by atoms with Gasteiger partial charge < -0.3 is 14.3 Å². The SMILES string of the molecule is CCOC(=O)C1=C(CC[C@H](C)O)C(C)(O[Si](C)(C)C(C)(C)C)CS1. The van der Waals surface area contributed by atoms with E-state index in [1.807, 2.05) is 6.92 Å². The van der Waals surface area contributed by atoms with E-state index in [1.165, 1.54) is 11.8 Å². The van der Waals surface area contributed by atoms with Crippen molar-refractivity contribution >= 4 is 26.0 Å². The van der Waals surface area contributed by atoms with Gasteiger partial charge in [0.15, 0.2) is 8.32 Å². The van der Waals surface area contributed by atoms with E-state index in [1.54, 1.807) is 6.92 Å². The predicted octanol–water partition coefficient (Wildman–Crippen LogP) is 4.49. The van der Waals surface area contributed by atoms with Crippen molar-refractivity contribution in [3.05, 3.63) is 10.5 Å². The van der Waals surface area contributed by atoms with Gasteiger partial charge in [-0.3, -0.25) is 0 Å². The molecule has 0 amide bonds. The van der Waals surface area contributed by atoms with Crippen molar-refractivity contribution in [2.24, 2.45) is 0 Å². The van der Waals surface area contributed by atoms with Gasteiger partial charge in [0, 0.05) is 5.75 Å². The Morgan fingerprint density at radius 2 is 2.00 bits per heavy atom. The second-order valence-corrected chi connectivity index (χ2v) is 14.0. The van der Waals surface area contributed by atoms with Crippen LogP contribution in [0.4, 0.5) is 0 Å². The summed E-state index contributed by atoms with van der Waals surface area (Å²) in [5.74, 6) is 0.466. The zero-order chi connectivity index (χ0) is 18.8. The zero-order valence-corrected chi connectivity index (χ0v) is 18.3. The highest BCUT2D eigenvalue weighted by Crippen LogP contribution is 2.48. The Labute approximate surface area is 152 Å². The number of aliphatic hydroxyl groups excluding tert-OH is 1. The smallest absolute Gasteiger partial charge is 0.344 e. The van der Waals surface area contributed by atoms with Gasteiger partial charge in [-0.2, -0.15) is 0 Å². The summed E-state index contributed by atoms with van der Waals surface area (Å²) >= 11 is 1.53. The fourth-order valence-corrected chi connectivity index (χ4v) is 5.60. The first-order valence-electron chi connectivity index (χ1n) is 8.76. The van der Waals surface area contributed by atoms with Crippen LogP contribution in [0.2, 0.25) is 18.1 Å². The lowest BCUT2D eigenvalue weighted by molar-refractivity contribution is -0.137. The molecule has 0 spiro atoms. The lowest BCUT2D eigenvalue weighted by Crippen LogP contribution is -2.49. The predicted molar refractivity (Wildman–Crippen MR) is 104 cm³/mol. The molecule has 0 aromatic rings. The van der Waals surface area contributed by atoms with Crippen LogP contribution in [0.25, 0.3) is 0 Å². The molecular weight excluding hydrogens is 340 g/mol. The van der Waals surface area contributed by atoms with Gasteiger partial charge in [0.1, 0.15) is 0 Å². The van der Waals surface area contributed by atoms with Crippen LogP contribution in [-0.2, 0) is 14.0 Å². The molecule has 24 heavy (non-hydrogen) atoms. The number of hydrogen-bond acceptors (Lipinski definition) is 5. The van der Waals surface area contributed by atoms with Crippen molar-refractivity contribution in [1.82, 2.24) is 0 Å². The lowest BCUT2D eigenvalue weighted by atomic mass is 9.92. The molecule has 4 nitrogen and oxygen atoms in total. The highest BCUT2D eigenvalue weighted by atomic mass is 32.2. The maximum Gasteiger partial charge on any atom is 0.344 e. The summed E-state index contributed by atoms with van der Waals surface area (Å²) in [5, 5.41) is 9.80. The maximum absolute atomic E-state index is 12.3. The number of carbonyl (C=O) groups is 1. The van der Waals surface area contributed by atoms with Crippen molar-refractivity contribution in [2.75, 3.05) is 12.4 Å². The standard InChI is InChI=1S/C18H34O4SSi/c1-9-21-16(20)15-14(11-10-13(2)19)18(6,12-23-15)22-24(7,8)17(3,4)5/h13,19H,9-12H2,1-8H3/t13-,18?/m0/s1. The van der Waals surface area contributed by atoms with E-state index in [4.69, 9.17) is 9.16 Å². The van der Waals surface area contributed by atoms with Gasteiger partial charge in [-0.05, 0) is 57.3 Å². The summed E-state index contributed by atoms with van der Waals surface area (Å²) in [6.07, 6.45) is 0.878. The summed E-state index contributed by atoms with van der Waals surface area (Å²) in [4.78, 5) is 13.0. The number of rotatable bonds is 7. The largest absolute Gasteiger partial charge is 0.462 e. The van der Waals surface area contributed by atoms with Crippen LogP contribution in [0, 0.1) is 0 Å². The van der Waals surface area contributed by atoms with Crippen molar-refractivity contribution in [2.45, 2.75) is 84.2 Å². The molecule has 1 unspecified atom stereocenters. The van der Waals surface area contributed by atoms with Crippen LogP contribution in [-0.4, -0.2) is 43.5 Å². The summed E-state index contributed by atoms with van der Waals surface area (Å²) in [6.45, 7) is 17.2. The van der Waals surface area contributed by atoms with E-state index in [-0.39, 0.29) is 11.0 Å². The fraction of sp³-hybridized carbons (Fsp3) is 0.833. The molecule has 0 bridgehead atoms. The molecule has 2 atom stereocenters. The topological polar surface area (TPSA) is 55.8 Å². The zero-order valence-electron chi connectivity index (χ0n) is 16.5. The highest BCUT2D eigenvalue weighted by molar-refractivity contribution is 8.04. The fourth-order valence-electron chi connectivity index (χ4n) is 2.54. The van der Waals surface area contributed by atoms with Gasteiger partial charge in [0.25, 0.3) is 0 Å². The molecule has 0 aromatic heterocycles. The van der Waals surface area contributed by atoms with Crippen LogP contribution in [0.15, 0.2) is 10.5 Å². The number of hydrogen-bond donors (Lipinski definition) is 1. The minimum atomic E-state index is -1.99. The van der Waals surface area contributed by atoms with Gasteiger partial charge in [-0.1, -0.05) is 20.8 Å². The normalized spacial score (nSPS) is 23.5. The molecule has 0 aromatic carbocycles. The van der Waals surface area contributed by atoms with Gasteiger partial charge in [-0.25, -0.2) is 4.79 Å². The van der Waals surface area contributed by atoms with Crippen LogP contribution in [0.3, 0.4) is 0 Å². The van der Waals surface area contributed by atoms with E-state index in [0.29, 0.717) is 24.4 Å². The Morgan fingerprint density at radius 1 is 1.42 bits per heavy atom. The summed E-state index contributed by atoms with van der Waals surface area (Å²) in [7, 11) is -1.99.